The first-order chi connectivity index (χ1) is 21.5. The molecule has 0 radical (unpaired) electrons. The van der Waals surface area contributed by atoms with Crippen LogP contribution in [0.3, 0.4) is 0 Å². The zero-order chi connectivity index (χ0) is 34.3. The van der Waals surface area contributed by atoms with E-state index in [1.165, 1.54) is 0 Å². The molecule has 2 unspecified atom stereocenters. The second-order valence-corrected chi connectivity index (χ2v) is 16.3. The fourth-order valence-electron chi connectivity index (χ4n) is 8.32. The molecule has 1 aliphatic carbocycles. The molecule has 16 atom stereocenters. The topological polar surface area (TPSA) is 116 Å². The quantitative estimate of drug-likeness (QED) is 0.417. The molecule has 0 aromatic heterocycles. The van der Waals surface area contributed by atoms with Crippen LogP contribution in [0, 0.1) is 35.5 Å². The Balaban J connectivity index is 1.84. The number of aliphatic hydroxyl groups is 2. The molecule has 0 aromatic rings. The fourth-order valence-corrected chi connectivity index (χ4v) is 8.68. The first-order valence-corrected chi connectivity index (χ1v) is 18.1. The summed E-state index contributed by atoms with van der Waals surface area (Å²) in [5.74, 6) is -1.53. The van der Waals surface area contributed by atoms with Crippen LogP contribution in [-0.4, -0.2) is 120 Å². The van der Waals surface area contributed by atoms with E-state index >= 15 is 0 Å². The van der Waals surface area contributed by atoms with E-state index in [1.807, 2.05) is 34.9 Å². The number of hydrogen-bond acceptors (Lipinski definition) is 10. The molecule has 4 fully saturated rings. The van der Waals surface area contributed by atoms with E-state index in [-0.39, 0.29) is 30.1 Å². The van der Waals surface area contributed by atoms with Crippen LogP contribution >= 0.6 is 0 Å². The number of likely N-dealkylation sites (N-methyl/N-ethyl adjacent to an activating group) is 1. The fraction of sp³-hybridized carbons (Fsp3) is 0.943. The zero-order valence-corrected chi connectivity index (χ0v) is 31.4. The van der Waals surface area contributed by atoms with Gasteiger partial charge in [-0.05, 0) is 0 Å². The number of hydrogen-bond donors (Lipinski definition) is 2. The molecular weight excluding hydrogens is 629 g/mol. The van der Waals surface area contributed by atoms with Crippen molar-refractivity contribution in [3.8, 4) is 0 Å². The van der Waals surface area contributed by atoms with E-state index in [4.69, 9.17) is 28.4 Å². The summed E-state index contributed by atoms with van der Waals surface area (Å²) in [7, 11) is 5.75. The number of ether oxygens (including phenoxy) is 6. The Bertz CT molecular complexity index is 1060. The molecule has 265 valence electrons. The van der Waals surface area contributed by atoms with Crippen molar-refractivity contribution in [2.24, 2.45) is 35.5 Å². The molecule has 4 aliphatic rings. The van der Waals surface area contributed by atoms with Crippen LogP contribution in [0.2, 0.25) is 0 Å². The summed E-state index contributed by atoms with van der Waals surface area (Å²) < 4.78 is 40.2. The number of aliphatic hydroxyl groups excluding tert-OH is 1. The van der Waals surface area contributed by atoms with Gasteiger partial charge in [0.25, 0.3) is 0 Å². The first-order valence-electron chi connectivity index (χ1n) is 17.4. The molecule has 0 amide bonds. The molecule has 4 rings (SSSR count). The average Bonchev–Trinajstić information content (AvgIpc) is 3.76. The monoisotopic (exact) mass is 690 g/mol. The van der Waals surface area contributed by atoms with Crippen LogP contribution < -0.4 is 0 Å². The zero-order valence-electron chi connectivity index (χ0n) is 30.0. The Morgan fingerprint density at radius 1 is 1.04 bits per heavy atom. The van der Waals surface area contributed by atoms with E-state index in [0.29, 0.717) is 37.9 Å². The Kier molecular flexibility index (Phi) is 12.7. The Labute approximate surface area is 286 Å². The van der Waals surface area contributed by atoms with Crippen LogP contribution in [0.1, 0.15) is 81.1 Å². The molecule has 2 N–H and O–H groups in total. The Morgan fingerprint density at radius 2 is 1.70 bits per heavy atom. The second-order valence-electron chi connectivity index (χ2n) is 15.5. The van der Waals surface area contributed by atoms with Crippen molar-refractivity contribution in [3.05, 3.63) is 0 Å². The second kappa shape index (κ2) is 15.2. The van der Waals surface area contributed by atoms with Gasteiger partial charge in [0.15, 0.2) is 0 Å². The van der Waals surface area contributed by atoms with Crippen LogP contribution in [0.4, 0.5) is 0 Å². The number of nitrogens with zero attached hydrogens (tertiary/aromatic N) is 1. The van der Waals surface area contributed by atoms with Gasteiger partial charge in [-0.15, -0.1) is 0 Å². The molecule has 10 nitrogen and oxygen atoms in total. The minimum absolute atomic E-state index is 0.0219. The minimum atomic E-state index is -1.46. The molecular formula is C35H61NO9V. The molecule has 2 bridgehead atoms. The summed E-state index contributed by atoms with van der Waals surface area (Å²) in [6, 6.07) is 0.0620. The standard InChI is InChI=1S/C35H61NO9.V/c1-12-27-35(8,39)30-20(3)13-19(2)16-34(7,42-18-25-15-24(25)17-41-30)31(22(5)28(37)23(6)32(38)44-27)45-33-29(40-11)26(36(9)10)14-21(4)43-33;/h19-31,33,37,39H,12,14-18H2,1-11H3;/t19-,20-,21+,22-,23+,24?,25?,26-,27+,28-,29+,30+,31+,33-,34+,35+;/m0./s1. The van der Waals surface area contributed by atoms with Crippen molar-refractivity contribution >= 4 is 10.2 Å². The van der Waals surface area contributed by atoms with Gasteiger partial charge in [0, 0.05) is 0 Å². The normalized spacial score (nSPS) is 49.6. The van der Waals surface area contributed by atoms with Crippen LogP contribution in [0.25, 0.3) is 0 Å². The van der Waals surface area contributed by atoms with Crippen molar-refractivity contribution < 1.29 is 60.4 Å². The molecule has 46 heavy (non-hydrogen) atoms. The molecule has 11 heteroatoms. The SMILES string of the molecule is CC[C@H]1OC(=O)[C@H](C)[C@@H](O)[C@H](C)[C@@H](O[C@@H]2O[C@H](C)C[C@H](N(C)C)[C@H]2OC)[C@@]2(C)C[C@@H](C)[C](=[V])[C@H](C)[C@@H](OCC3CC3CO2)[C@]1(C)O. The van der Waals surface area contributed by atoms with Gasteiger partial charge in [-0.1, -0.05) is 0 Å². The van der Waals surface area contributed by atoms with E-state index in [0.717, 1.165) is 17.1 Å². The van der Waals surface area contributed by atoms with E-state index in [1.54, 1.807) is 21.0 Å². The molecule has 3 aliphatic heterocycles. The van der Waals surface area contributed by atoms with Crippen molar-refractivity contribution in [1.82, 2.24) is 4.90 Å². The number of carbonyl (C=O) groups is 1. The number of esters is 1. The van der Waals surface area contributed by atoms with Gasteiger partial charge in [-0.2, -0.15) is 0 Å². The summed E-state index contributed by atoms with van der Waals surface area (Å²) in [6.45, 7) is 16.6. The molecule has 0 aromatic carbocycles. The number of rotatable bonds is 5. The summed E-state index contributed by atoms with van der Waals surface area (Å²) in [4.78, 5) is 15.9. The van der Waals surface area contributed by atoms with Gasteiger partial charge in [0.2, 0.25) is 0 Å². The third-order valence-corrected chi connectivity index (χ3v) is 12.8. The average molecular weight is 691 g/mol. The summed E-state index contributed by atoms with van der Waals surface area (Å²) in [5, 5.41) is 24.0. The maximum absolute atomic E-state index is 13.7. The first kappa shape index (κ1) is 38.4. The number of methoxy groups -OCH3 is 1. The van der Waals surface area contributed by atoms with Gasteiger partial charge in [0.05, 0.1) is 0 Å². The van der Waals surface area contributed by atoms with E-state index in [2.05, 4.69) is 42.7 Å². The maximum atomic E-state index is 13.7. The van der Waals surface area contributed by atoms with Gasteiger partial charge < -0.3 is 0 Å². The van der Waals surface area contributed by atoms with Gasteiger partial charge in [-0.3, -0.25) is 0 Å². The summed E-state index contributed by atoms with van der Waals surface area (Å²) >= 11 is 2.73. The molecule has 3 saturated heterocycles. The molecule has 1 saturated carbocycles. The van der Waals surface area contributed by atoms with Crippen molar-refractivity contribution in [3.63, 3.8) is 0 Å². The van der Waals surface area contributed by atoms with Crippen LogP contribution in [0.5, 0.6) is 0 Å². The number of fused-ring (bicyclic) bond motifs is 6. The number of carbonyl (C=O) groups excluding carboxylic acids is 1. The van der Waals surface area contributed by atoms with Gasteiger partial charge >= 0.3 is 287 Å². The summed E-state index contributed by atoms with van der Waals surface area (Å²) in [6.07, 6.45) is -1.61. The van der Waals surface area contributed by atoms with Crippen molar-refractivity contribution in [2.75, 3.05) is 34.4 Å². The van der Waals surface area contributed by atoms with E-state index < -0.39 is 59.7 Å². The van der Waals surface area contributed by atoms with E-state index in [9.17, 15) is 15.0 Å². The Morgan fingerprint density at radius 3 is 2.30 bits per heavy atom. The molecule has 0 spiro atoms. The Hall–Kier alpha value is -0.396. The van der Waals surface area contributed by atoms with Crippen molar-refractivity contribution in [1.29, 1.82) is 0 Å². The van der Waals surface area contributed by atoms with Crippen molar-refractivity contribution in [2.45, 2.75) is 141 Å². The predicted octanol–water partition coefficient (Wildman–Crippen LogP) is 3.36. The molecule has 3 heterocycles. The predicted molar refractivity (Wildman–Crippen MR) is 171 cm³/mol. The van der Waals surface area contributed by atoms with Gasteiger partial charge in [-0.25, -0.2) is 0 Å². The van der Waals surface area contributed by atoms with Crippen LogP contribution in [0.15, 0.2) is 0 Å². The van der Waals surface area contributed by atoms with Crippen LogP contribution in [-0.2, 0) is 50.2 Å². The number of cyclic esters (lactones) is 1. The third kappa shape index (κ3) is 7.98. The summed E-state index contributed by atoms with van der Waals surface area (Å²) in [5.41, 5.74) is -2.33. The van der Waals surface area contributed by atoms with Gasteiger partial charge in [0.1, 0.15) is 0 Å². The third-order valence-electron chi connectivity index (χ3n) is 11.5.